The van der Waals surface area contributed by atoms with Gasteiger partial charge in [-0.1, -0.05) is 30.3 Å². The Morgan fingerprint density at radius 2 is 1.78 bits per heavy atom. The fourth-order valence-corrected chi connectivity index (χ4v) is 5.07. The van der Waals surface area contributed by atoms with Gasteiger partial charge in [-0.25, -0.2) is 8.42 Å². The van der Waals surface area contributed by atoms with E-state index >= 15 is 0 Å². The molecule has 1 N–H and O–H groups in total. The summed E-state index contributed by atoms with van der Waals surface area (Å²) in [6.07, 6.45) is 0.672. The number of nitro groups is 1. The smallest absolute Gasteiger partial charge is 0.270 e. The van der Waals surface area contributed by atoms with Gasteiger partial charge >= 0.3 is 0 Å². The first kappa shape index (κ1) is 21.5. The zero-order valence-electron chi connectivity index (χ0n) is 17.3. The molecule has 0 unspecified atom stereocenters. The van der Waals surface area contributed by atoms with E-state index in [1.807, 2.05) is 24.3 Å². The second-order valence-electron chi connectivity index (χ2n) is 7.64. The van der Waals surface area contributed by atoms with Crippen LogP contribution in [0.1, 0.15) is 27.0 Å². The van der Waals surface area contributed by atoms with Gasteiger partial charge in [0.05, 0.1) is 9.82 Å². The van der Waals surface area contributed by atoms with Crippen molar-refractivity contribution in [2.75, 3.05) is 11.3 Å². The Morgan fingerprint density at radius 1 is 1.03 bits per heavy atom. The highest BCUT2D eigenvalue weighted by Crippen LogP contribution is 2.27. The van der Waals surface area contributed by atoms with Gasteiger partial charge in [0.15, 0.2) is 0 Å². The van der Waals surface area contributed by atoms with Crippen LogP contribution in [0.3, 0.4) is 0 Å². The molecule has 0 aliphatic carbocycles. The average molecular weight is 452 g/mol. The topological polar surface area (TPSA) is 110 Å². The van der Waals surface area contributed by atoms with Gasteiger partial charge in [0.2, 0.25) is 0 Å². The predicted octanol–water partition coefficient (Wildman–Crippen LogP) is 3.90. The summed E-state index contributed by atoms with van der Waals surface area (Å²) in [5, 5.41) is 11.1. The monoisotopic (exact) mass is 451 g/mol. The molecule has 1 aliphatic rings. The summed E-state index contributed by atoms with van der Waals surface area (Å²) in [5.74, 6) is -0.0746. The summed E-state index contributed by atoms with van der Waals surface area (Å²) < 4.78 is 28.4. The number of rotatable bonds is 5. The molecule has 1 aliphatic heterocycles. The molecule has 32 heavy (non-hydrogen) atoms. The number of hydrogen-bond acceptors (Lipinski definition) is 5. The Kier molecular flexibility index (Phi) is 5.67. The molecule has 0 spiro atoms. The number of carbonyl (C=O) groups is 1. The number of benzene rings is 3. The van der Waals surface area contributed by atoms with E-state index in [0.717, 1.165) is 17.2 Å². The summed E-state index contributed by atoms with van der Waals surface area (Å²) in [4.78, 5) is 24.8. The van der Waals surface area contributed by atoms with Gasteiger partial charge in [0, 0.05) is 36.5 Å². The van der Waals surface area contributed by atoms with Crippen molar-refractivity contribution in [3.8, 4) is 0 Å². The van der Waals surface area contributed by atoms with Crippen molar-refractivity contribution in [2.24, 2.45) is 0 Å². The maximum atomic E-state index is 12.9. The molecule has 3 aromatic carbocycles. The summed E-state index contributed by atoms with van der Waals surface area (Å²) in [5.41, 5.74) is 2.96. The van der Waals surface area contributed by atoms with Crippen LogP contribution >= 0.6 is 0 Å². The quantitative estimate of drug-likeness (QED) is 0.467. The van der Waals surface area contributed by atoms with E-state index in [0.29, 0.717) is 36.3 Å². The van der Waals surface area contributed by atoms with Crippen LogP contribution in [0.25, 0.3) is 0 Å². The number of nitrogens with one attached hydrogen (secondary N) is 1. The lowest BCUT2D eigenvalue weighted by Crippen LogP contribution is -2.36. The molecule has 0 fully saturated rings. The van der Waals surface area contributed by atoms with E-state index in [4.69, 9.17) is 0 Å². The Balaban J connectivity index is 1.58. The molecule has 4 rings (SSSR count). The second-order valence-corrected chi connectivity index (χ2v) is 9.29. The minimum Gasteiger partial charge on any atom is -0.334 e. The maximum absolute atomic E-state index is 12.9. The van der Waals surface area contributed by atoms with E-state index in [-0.39, 0.29) is 16.5 Å². The molecule has 164 valence electrons. The van der Waals surface area contributed by atoms with Crippen LogP contribution in [0.4, 0.5) is 11.4 Å². The molecule has 0 bridgehead atoms. The molecule has 0 saturated carbocycles. The SMILES string of the molecule is Cc1ccc([N+](=O)[O-])cc1S(=O)(=O)Nc1ccc2c(c1)CN(C(=O)c1ccccc1)CC2. The molecule has 1 heterocycles. The highest BCUT2D eigenvalue weighted by Gasteiger charge is 2.24. The number of non-ortho nitro benzene ring substituents is 1. The Bertz CT molecular complexity index is 1310. The third kappa shape index (κ3) is 4.33. The minimum absolute atomic E-state index is 0.0746. The largest absolute Gasteiger partial charge is 0.334 e. The van der Waals surface area contributed by atoms with Crippen molar-refractivity contribution in [3.05, 3.63) is 99.1 Å². The van der Waals surface area contributed by atoms with E-state index < -0.39 is 14.9 Å². The van der Waals surface area contributed by atoms with Gasteiger partial charge in [-0.3, -0.25) is 19.6 Å². The zero-order valence-corrected chi connectivity index (χ0v) is 18.1. The molecule has 1 amide bonds. The predicted molar refractivity (Wildman–Crippen MR) is 120 cm³/mol. The number of carbonyl (C=O) groups excluding carboxylic acids is 1. The van der Waals surface area contributed by atoms with Crippen molar-refractivity contribution in [2.45, 2.75) is 24.8 Å². The normalized spacial score (nSPS) is 13.3. The summed E-state index contributed by atoms with van der Waals surface area (Å²) >= 11 is 0. The number of hydrogen-bond donors (Lipinski definition) is 1. The van der Waals surface area contributed by atoms with Gasteiger partial charge in [-0.15, -0.1) is 0 Å². The highest BCUT2D eigenvalue weighted by atomic mass is 32.2. The van der Waals surface area contributed by atoms with Gasteiger partial charge in [0.1, 0.15) is 0 Å². The van der Waals surface area contributed by atoms with E-state index in [9.17, 15) is 23.3 Å². The van der Waals surface area contributed by atoms with Gasteiger partial charge < -0.3 is 4.90 Å². The molecular weight excluding hydrogens is 430 g/mol. The van der Waals surface area contributed by atoms with Gasteiger partial charge in [-0.2, -0.15) is 0 Å². The van der Waals surface area contributed by atoms with Gasteiger partial charge in [-0.05, 0) is 54.3 Å². The Hall–Kier alpha value is -3.72. The molecule has 0 atom stereocenters. The Labute approximate surface area is 185 Å². The molecule has 3 aromatic rings. The number of amides is 1. The molecule has 8 nitrogen and oxygen atoms in total. The maximum Gasteiger partial charge on any atom is 0.270 e. The van der Waals surface area contributed by atoms with Crippen LogP contribution in [-0.2, 0) is 23.0 Å². The van der Waals surface area contributed by atoms with Gasteiger partial charge in [0.25, 0.3) is 21.6 Å². The van der Waals surface area contributed by atoms with E-state index in [2.05, 4.69) is 4.72 Å². The lowest BCUT2D eigenvalue weighted by atomic mass is 9.98. The fourth-order valence-electron chi connectivity index (χ4n) is 3.76. The lowest BCUT2D eigenvalue weighted by molar-refractivity contribution is -0.385. The van der Waals surface area contributed by atoms with E-state index in [1.54, 1.807) is 36.1 Å². The standard InChI is InChI=1S/C23H21N3O5S/c1-16-7-10-21(26(28)29)14-22(16)32(30,31)24-20-9-8-17-11-12-25(15-19(17)13-20)23(27)18-5-3-2-4-6-18/h2-10,13-14,24H,11-12,15H2,1H3. The second kappa shape index (κ2) is 8.43. The van der Waals surface area contributed by atoms with Crippen LogP contribution in [0.2, 0.25) is 0 Å². The number of nitrogens with zero attached hydrogens (tertiary/aromatic N) is 2. The van der Waals surface area contributed by atoms with Crippen molar-refractivity contribution < 1.29 is 18.1 Å². The van der Waals surface area contributed by atoms with Crippen molar-refractivity contribution in [1.82, 2.24) is 4.90 Å². The van der Waals surface area contributed by atoms with Crippen LogP contribution < -0.4 is 4.72 Å². The summed E-state index contributed by atoms with van der Waals surface area (Å²) in [6, 6.07) is 18.0. The lowest BCUT2D eigenvalue weighted by Gasteiger charge is -2.29. The average Bonchev–Trinajstić information content (AvgIpc) is 2.78. The van der Waals surface area contributed by atoms with E-state index in [1.165, 1.54) is 12.1 Å². The molecule has 9 heteroatoms. The number of fused-ring (bicyclic) bond motifs is 1. The first-order chi connectivity index (χ1) is 15.2. The van der Waals surface area contributed by atoms with Crippen molar-refractivity contribution in [3.63, 3.8) is 0 Å². The fraction of sp³-hybridized carbons (Fsp3) is 0.174. The van der Waals surface area contributed by atoms with Crippen molar-refractivity contribution in [1.29, 1.82) is 0 Å². The summed E-state index contributed by atoms with van der Waals surface area (Å²) in [6.45, 7) is 2.53. The number of nitro benzene ring substituents is 1. The number of aryl methyl sites for hydroxylation is 1. The first-order valence-corrected chi connectivity index (χ1v) is 11.5. The van der Waals surface area contributed by atoms with Crippen LogP contribution in [0, 0.1) is 17.0 Å². The number of sulfonamides is 1. The third-order valence-electron chi connectivity index (χ3n) is 5.45. The highest BCUT2D eigenvalue weighted by molar-refractivity contribution is 7.92. The molecule has 0 saturated heterocycles. The molecule has 0 aromatic heterocycles. The summed E-state index contributed by atoms with van der Waals surface area (Å²) in [7, 11) is -4.03. The minimum atomic E-state index is -4.03. The van der Waals surface area contributed by atoms with Crippen LogP contribution in [-0.4, -0.2) is 30.7 Å². The third-order valence-corrected chi connectivity index (χ3v) is 6.97. The van der Waals surface area contributed by atoms with Crippen molar-refractivity contribution >= 4 is 27.3 Å². The Morgan fingerprint density at radius 3 is 2.50 bits per heavy atom. The van der Waals surface area contributed by atoms with Crippen LogP contribution in [0.5, 0.6) is 0 Å². The first-order valence-electron chi connectivity index (χ1n) is 9.98. The molecule has 0 radical (unpaired) electrons. The zero-order chi connectivity index (χ0) is 22.9. The molecular formula is C23H21N3O5S. The number of anilines is 1. The van der Waals surface area contributed by atoms with Crippen LogP contribution in [0.15, 0.2) is 71.6 Å².